The number of nitrogens with one attached hydrogen (secondary N) is 2. The molecule has 0 spiro atoms. The molecule has 0 amide bonds. The lowest BCUT2D eigenvalue weighted by atomic mass is 9.96. The highest BCUT2D eigenvalue weighted by Crippen LogP contribution is 2.35. The molecule has 0 radical (unpaired) electrons. The molecule has 0 aliphatic carbocycles. The van der Waals surface area contributed by atoms with E-state index in [1.165, 1.54) is 0 Å². The second kappa shape index (κ2) is 8.74. The molecule has 0 atom stereocenters. The summed E-state index contributed by atoms with van der Waals surface area (Å²) in [6.07, 6.45) is 6.57. The molecule has 6 heteroatoms. The number of aromatic amines is 1. The van der Waals surface area contributed by atoms with Crippen molar-refractivity contribution in [2.24, 2.45) is 0 Å². The predicted octanol–water partition coefficient (Wildman–Crippen LogP) is 5.57. The van der Waals surface area contributed by atoms with Crippen molar-refractivity contribution in [3.63, 3.8) is 0 Å². The van der Waals surface area contributed by atoms with Crippen LogP contribution in [-0.2, 0) is 6.54 Å². The molecule has 0 saturated carbocycles. The molecule has 164 valence electrons. The van der Waals surface area contributed by atoms with Crippen molar-refractivity contribution in [1.29, 1.82) is 0 Å². The van der Waals surface area contributed by atoms with Crippen molar-refractivity contribution in [2.45, 2.75) is 19.9 Å². The molecule has 0 fully saturated rings. The van der Waals surface area contributed by atoms with E-state index in [0.29, 0.717) is 10.9 Å². The largest absolute Gasteiger partial charge is 0.388 e. The standard InChI is InChI=1S/C27H25N5O/c1-3-13-32-17-20(15-30-32)24-16-29-27(33)23-14-22(18-7-5-4-6-8-18)25(31-26(23)24)19-9-11-21(28-2)12-10-19/h4-12,14-17,28H,3,13H2,1-2H3,(H,29,33). The van der Waals surface area contributed by atoms with Gasteiger partial charge in [-0.15, -0.1) is 0 Å². The van der Waals surface area contributed by atoms with Gasteiger partial charge < -0.3 is 10.3 Å². The zero-order valence-electron chi connectivity index (χ0n) is 18.7. The number of fused-ring (bicyclic) bond motifs is 1. The zero-order chi connectivity index (χ0) is 22.8. The van der Waals surface area contributed by atoms with Crippen molar-refractivity contribution < 1.29 is 0 Å². The van der Waals surface area contributed by atoms with Gasteiger partial charge in [-0.3, -0.25) is 9.48 Å². The van der Waals surface area contributed by atoms with Crippen LogP contribution in [0.1, 0.15) is 13.3 Å². The third-order valence-corrected chi connectivity index (χ3v) is 5.80. The van der Waals surface area contributed by atoms with E-state index in [0.717, 1.165) is 52.2 Å². The minimum absolute atomic E-state index is 0.156. The van der Waals surface area contributed by atoms with E-state index >= 15 is 0 Å². The Hall–Kier alpha value is -4.19. The van der Waals surface area contributed by atoms with Gasteiger partial charge in [-0.05, 0) is 30.2 Å². The summed E-state index contributed by atoms with van der Waals surface area (Å²) in [5.41, 5.74) is 7.09. The summed E-state index contributed by atoms with van der Waals surface area (Å²) >= 11 is 0. The maximum Gasteiger partial charge on any atom is 0.257 e. The van der Waals surface area contributed by atoms with E-state index in [1.54, 1.807) is 6.20 Å². The lowest BCUT2D eigenvalue weighted by molar-refractivity contribution is 0.603. The first-order chi connectivity index (χ1) is 16.2. The number of nitrogens with zero attached hydrogens (tertiary/aromatic N) is 3. The lowest BCUT2D eigenvalue weighted by Gasteiger charge is -2.13. The molecule has 0 aliphatic rings. The second-order valence-electron chi connectivity index (χ2n) is 8.00. The Balaban J connectivity index is 1.79. The number of hydrogen-bond acceptors (Lipinski definition) is 4. The fourth-order valence-electron chi connectivity index (χ4n) is 4.10. The van der Waals surface area contributed by atoms with Gasteiger partial charge in [0.05, 0.1) is 22.8 Å². The van der Waals surface area contributed by atoms with Gasteiger partial charge in [0.15, 0.2) is 0 Å². The van der Waals surface area contributed by atoms with Crippen molar-refractivity contribution in [3.8, 4) is 33.5 Å². The van der Waals surface area contributed by atoms with Crippen molar-refractivity contribution in [3.05, 3.63) is 89.6 Å². The number of rotatable bonds is 6. The summed E-state index contributed by atoms with van der Waals surface area (Å²) in [5.74, 6) is 0. The van der Waals surface area contributed by atoms with Gasteiger partial charge in [-0.25, -0.2) is 4.98 Å². The lowest BCUT2D eigenvalue weighted by Crippen LogP contribution is -2.08. The number of aryl methyl sites for hydroxylation is 1. The van der Waals surface area contributed by atoms with Crippen LogP contribution in [0.15, 0.2) is 84.0 Å². The Morgan fingerprint density at radius 2 is 1.76 bits per heavy atom. The molecule has 0 unspecified atom stereocenters. The van der Waals surface area contributed by atoms with Crippen LogP contribution >= 0.6 is 0 Å². The van der Waals surface area contributed by atoms with Crippen LogP contribution < -0.4 is 10.9 Å². The van der Waals surface area contributed by atoms with Gasteiger partial charge in [-0.2, -0.15) is 5.10 Å². The van der Waals surface area contributed by atoms with Crippen molar-refractivity contribution >= 4 is 16.6 Å². The highest BCUT2D eigenvalue weighted by atomic mass is 16.1. The van der Waals surface area contributed by atoms with Crippen LogP contribution in [0.2, 0.25) is 0 Å². The fourth-order valence-corrected chi connectivity index (χ4v) is 4.10. The molecule has 5 aromatic rings. The smallest absolute Gasteiger partial charge is 0.257 e. The van der Waals surface area contributed by atoms with Gasteiger partial charge in [0.2, 0.25) is 0 Å². The number of anilines is 1. The summed E-state index contributed by atoms with van der Waals surface area (Å²) in [4.78, 5) is 20.8. The summed E-state index contributed by atoms with van der Waals surface area (Å²) in [5, 5.41) is 8.18. The van der Waals surface area contributed by atoms with E-state index < -0.39 is 0 Å². The zero-order valence-corrected chi connectivity index (χ0v) is 18.7. The van der Waals surface area contributed by atoms with Gasteiger partial charge in [-0.1, -0.05) is 49.4 Å². The predicted molar refractivity (Wildman–Crippen MR) is 134 cm³/mol. The maximum absolute atomic E-state index is 12.9. The molecule has 3 aromatic heterocycles. The summed E-state index contributed by atoms with van der Waals surface area (Å²) in [6.45, 7) is 2.96. The van der Waals surface area contributed by atoms with Crippen LogP contribution in [0.5, 0.6) is 0 Å². The Morgan fingerprint density at radius 1 is 0.970 bits per heavy atom. The molecule has 3 heterocycles. The highest BCUT2D eigenvalue weighted by Gasteiger charge is 2.17. The maximum atomic E-state index is 12.9. The molecular formula is C27H25N5O. The molecular weight excluding hydrogens is 410 g/mol. The first-order valence-corrected chi connectivity index (χ1v) is 11.1. The first-order valence-electron chi connectivity index (χ1n) is 11.1. The van der Waals surface area contributed by atoms with Crippen LogP contribution in [0.25, 0.3) is 44.4 Å². The SMILES string of the molecule is CCCn1cc(-c2c[nH]c(=O)c3cc(-c4ccccc4)c(-c4ccc(NC)cc4)nc23)cn1. The topological polar surface area (TPSA) is 75.6 Å². The molecule has 0 bridgehead atoms. The van der Waals surface area contributed by atoms with Gasteiger partial charge in [0.1, 0.15) is 0 Å². The molecule has 0 saturated heterocycles. The van der Waals surface area contributed by atoms with E-state index in [2.05, 4.69) is 34.5 Å². The Morgan fingerprint density at radius 3 is 2.48 bits per heavy atom. The van der Waals surface area contributed by atoms with Crippen LogP contribution in [-0.4, -0.2) is 26.8 Å². The molecule has 6 nitrogen and oxygen atoms in total. The Kier molecular flexibility index (Phi) is 5.48. The molecule has 2 aromatic carbocycles. The van der Waals surface area contributed by atoms with Gasteiger partial charge >= 0.3 is 0 Å². The summed E-state index contributed by atoms with van der Waals surface area (Å²) < 4.78 is 1.92. The van der Waals surface area contributed by atoms with E-state index in [1.807, 2.05) is 72.7 Å². The minimum Gasteiger partial charge on any atom is -0.388 e. The van der Waals surface area contributed by atoms with Crippen molar-refractivity contribution in [2.75, 3.05) is 12.4 Å². The number of pyridine rings is 2. The van der Waals surface area contributed by atoms with E-state index in [4.69, 9.17) is 4.98 Å². The second-order valence-corrected chi connectivity index (χ2v) is 8.00. The third-order valence-electron chi connectivity index (χ3n) is 5.80. The quantitative estimate of drug-likeness (QED) is 0.365. The van der Waals surface area contributed by atoms with Crippen LogP contribution in [0, 0.1) is 0 Å². The average Bonchev–Trinajstić information content (AvgIpc) is 3.33. The molecule has 33 heavy (non-hydrogen) atoms. The highest BCUT2D eigenvalue weighted by molar-refractivity contribution is 5.98. The van der Waals surface area contributed by atoms with E-state index in [-0.39, 0.29) is 5.56 Å². The normalized spacial score (nSPS) is 11.1. The van der Waals surface area contributed by atoms with Crippen LogP contribution in [0.3, 0.4) is 0 Å². The number of H-pyrrole nitrogens is 1. The molecule has 2 N–H and O–H groups in total. The molecule has 0 aliphatic heterocycles. The number of hydrogen-bond donors (Lipinski definition) is 2. The number of aromatic nitrogens is 4. The van der Waals surface area contributed by atoms with Gasteiger partial charge in [0, 0.05) is 53.9 Å². The third kappa shape index (κ3) is 3.91. The number of benzene rings is 2. The van der Waals surface area contributed by atoms with Gasteiger partial charge in [0.25, 0.3) is 5.56 Å². The Bertz CT molecular complexity index is 1470. The van der Waals surface area contributed by atoms with E-state index in [9.17, 15) is 4.79 Å². The summed E-state index contributed by atoms with van der Waals surface area (Å²) in [6, 6.07) is 20.2. The average molecular weight is 436 g/mol. The summed E-state index contributed by atoms with van der Waals surface area (Å²) in [7, 11) is 1.90. The van der Waals surface area contributed by atoms with Crippen molar-refractivity contribution in [1.82, 2.24) is 19.7 Å². The Labute approximate surface area is 192 Å². The minimum atomic E-state index is -0.156. The first kappa shape index (κ1) is 20.7. The monoisotopic (exact) mass is 435 g/mol. The molecule has 5 rings (SSSR count). The fraction of sp³-hybridized carbons (Fsp3) is 0.148. The van der Waals surface area contributed by atoms with Crippen LogP contribution in [0.4, 0.5) is 5.69 Å².